The number of carbonyl (C=O) groups excluding carboxylic acids is 1. The van der Waals surface area contributed by atoms with E-state index < -0.39 is 5.41 Å². The van der Waals surface area contributed by atoms with Crippen LogP contribution < -0.4 is 4.74 Å². The van der Waals surface area contributed by atoms with Crippen molar-refractivity contribution in [2.24, 2.45) is 0 Å². The molecule has 1 amide bonds. The number of hydrogen-bond donors (Lipinski definition) is 0. The number of carbonyl (C=O) groups is 1. The standard InChI is InChI=1S/C19H23NO3S/c1-22-11-10-20(13-15-7-12-24-14-15)18(21)19(8-9-19)16-5-3-4-6-17(16)23-2/h3-7,12,14H,8-11,13H2,1-2H3. The van der Waals surface area contributed by atoms with Gasteiger partial charge in [-0.2, -0.15) is 11.3 Å². The number of rotatable bonds is 8. The Kier molecular flexibility index (Phi) is 5.21. The molecule has 5 heteroatoms. The quantitative estimate of drug-likeness (QED) is 0.735. The molecule has 0 saturated heterocycles. The zero-order chi connectivity index (χ0) is 17.0. The minimum absolute atomic E-state index is 0.176. The van der Waals surface area contributed by atoms with Crippen molar-refractivity contribution in [1.82, 2.24) is 4.90 Å². The summed E-state index contributed by atoms with van der Waals surface area (Å²) in [4.78, 5) is 15.3. The van der Waals surface area contributed by atoms with E-state index in [0.29, 0.717) is 19.7 Å². The number of amides is 1. The Bertz CT molecular complexity index is 680. The van der Waals surface area contributed by atoms with E-state index in [2.05, 4.69) is 11.4 Å². The zero-order valence-corrected chi connectivity index (χ0v) is 15.0. The molecule has 0 aliphatic heterocycles. The van der Waals surface area contributed by atoms with Crippen molar-refractivity contribution in [1.29, 1.82) is 0 Å². The van der Waals surface area contributed by atoms with Crippen molar-refractivity contribution in [2.75, 3.05) is 27.4 Å². The van der Waals surface area contributed by atoms with Crippen molar-refractivity contribution < 1.29 is 14.3 Å². The fourth-order valence-corrected chi connectivity index (χ4v) is 3.78. The number of para-hydroxylation sites is 1. The number of hydrogen-bond acceptors (Lipinski definition) is 4. The molecule has 0 unspecified atom stereocenters. The van der Waals surface area contributed by atoms with Crippen LogP contribution in [0.1, 0.15) is 24.0 Å². The van der Waals surface area contributed by atoms with E-state index in [-0.39, 0.29) is 5.91 Å². The fraction of sp³-hybridized carbons (Fsp3) is 0.421. The molecule has 3 rings (SSSR count). The first-order chi connectivity index (χ1) is 11.7. The topological polar surface area (TPSA) is 38.8 Å². The second-order valence-electron chi connectivity index (χ2n) is 6.13. The first kappa shape index (κ1) is 17.0. The minimum atomic E-state index is -0.434. The maximum Gasteiger partial charge on any atom is 0.233 e. The second-order valence-corrected chi connectivity index (χ2v) is 6.91. The molecule has 128 valence electrons. The van der Waals surface area contributed by atoms with Crippen molar-refractivity contribution >= 4 is 17.2 Å². The summed E-state index contributed by atoms with van der Waals surface area (Å²) in [6, 6.07) is 9.94. The lowest BCUT2D eigenvalue weighted by molar-refractivity contribution is -0.135. The van der Waals surface area contributed by atoms with Gasteiger partial charge in [0.2, 0.25) is 5.91 Å². The molecular weight excluding hydrogens is 322 g/mol. The van der Waals surface area contributed by atoms with Gasteiger partial charge in [0.15, 0.2) is 0 Å². The molecule has 1 aliphatic rings. The molecule has 0 bridgehead atoms. The summed E-state index contributed by atoms with van der Waals surface area (Å²) in [5.74, 6) is 0.973. The molecular formula is C19H23NO3S. The van der Waals surface area contributed by atoms with Crippen LogP contribution >= 0.6 is 11.3 Å². The number of methoxy groups -OCH3 is 2. The monoisotopic (exact) mass is 345 g/mol. The van der Waals surface area contributed by atoms with Crippen LogP contribution in [0.25, 0.3) is 0 Å². The first-order valence-electron chi connectivity index (χ1n) is 8.14. The molecule has 0 atom stereocenters. The molecule has 4 nitrogen and oxygen atoms in total. The van der Waals surface area contributed by atoms with E-state index in [1.54, 1.807) is 25.6 Å². The van der Waals surface area contributed by atoms with Crippen molar-refractivity contribution in [3.8, 4) is 5.75 Å². The Balaban J connectivity index is 1.85. The third-order valence-corrected chi connectivity index (χ3v) is 5.32. The molecule has 0 radical (unpaired) electrons. The van der Waals surface area contributed by atoms with Crippen LogP contribution in [0.15, 0.2) is 41.1 Å². The number of thiophene rings is 1. The third-order valence-electron chi connectivity index (χ3n) is 4.59. The predicted molar refractivity (Wildman–Crippen MR) is 95.5 cm³/mol. The van der Waals surface area contributed by atoms with Gasteiger partial charge in [-0.15, -0.1) is 0 Å². The van der Waals surface area contributed by atoms with Crippen LogP contribution in [0.5, 0.6) is 5.75 Å². The molecule has 0 N–H and O–H groups in total. The van der Waals surface area contributed by atoms with Gasteiger partial charge in [0.25, 0.3) is 0 Å². The Morgan fingerprint density at radius 2 is 2.04 bits per heavy atom. The second kappa shape index (κ2) is 7.36. The first-order valence-corrected chi connectivity index (χ1v) is 9.08. The Morgan fingerprint density at radius 1 is 1.25 bits per heavy atom. The molecule has 1 aromatic carbocycles. The summed E-state index contributed by atoms with van der Waals surface area (Å²) in [6.07, 6.45) is 1.75. The lowest BCUT2D eigenvalue weighted by Crippen LogP contribution is -2.40. The number of benzene rings is 1. The summed E-state index contributed by atoms with van der Waals surface area (Å²) in [5.41, 5.74) is 1.74. The Morgan fingerprint density at radius 3 is 2.67 bits per heavy atom. The normalized spacial score (nSPS) is 15.1. The van der Waals surface area contributed by atoms with Crippen LogP contribution in [-0.4, -0.2) is 38.2 Å². The van der Waals surface area contributed by atoms with Crippen molar-refractivity contribution in [2.45, 2.75) is 24.8 Å². The summed E-state index contributed by atoms with van der Waals surface area (Å²) in [6.45, 7) is 1.77. The van der Waals surface area contributed by atoms with E-state index in [4.69, 9.17) is 9.47 Å². The van der Waals surface area contributed by atoms with Crippen LogP contribution in [0, 0.1) is 0 Å². The number of nitrogens with zero attached hydrogens (tertiary/aromatic N) is 1. The molecule has 1 aromatic heterocycles. The number of ether oxygens (including phenoxy) is 2. The van der Waals surface area contributed by atoms with Crippen LogP contribution in [0.2, 0.25) is 0 Å². The van der Waals surface area contributed by atoms with Gasteiger partial charge in [-0.25, -0.2) is 0 Å². The summed E-state index contributed by atoms with van der Waals surface area (Å²) >= 11 is 1.65. The summed E-state index contributed by atoms with van der Waals surface area (Å²) in [5, 5.41) is 4.14. The molecule has 2 aromatic rings. The largest absolute Gasteiger partial charge is 0.496 e. The molecule has 0 spiro atoms. The average molecular weight is 345 g/mol. The van der Waals surface area contributed by atoms with Crippen molar-refractivity contribution in [3.63, 3.8) is 0 Å². The smallest absolute Gasteiger partial charge is 0.233 e. The highest BCUT2D eigenvalue weighted by Crippen LogP contribution is 2.52. The van der Waals surface area contributed by atoms with Crippen LogP contribution in [0.4, 0.5) is 0 Å². The van der Waals surface area contributed by atoms with E-state index in [0.717, 1.165) is 24.2 Å². The average Bonchev–Trinajstić information content (AvgIpc) is 3.27. The highest BCUT2D eigenvalue weighted by Gasteiger charge is 2.54. The minimum Gasteiger partial charge on any atom is -0.496 e. The molecule has 1 fully saturated rings. The zero-order valence-electron chi connectivity index (χ0n) is 14.2. The Hall–Kier alpha value is -1.85. The van der Waals surface area contributed by atoms with Gasteiger partial charge in [0.05, 0.1) is 19.1 Å². The lowest BCUT2D eigenvalue weighted by Gasteiger charge is -2.28. The molecule has 1 heterocycles. The van der Waals surface area contributed by atoms with Crippen LogP contribution in [-0.2, 0) is 21.5 Å². The van der Waals surface area contributed by atoms with Gasteiger partial charge in [-0.05, 0) is 41.3 Å². The van der Waals surface area contributed by atoms with Crippen molar-refractivity contribution in [3.05, 3.63) is 52.2 Å². The lowest BCUT2D eigenvalue weighted by atomic mass is 9.93. The molecule has 24 heavy (non-hydrogen) atoms. The molecule has 1 aliphatic carbocycles. The van der Waals surface area contributed by atoms with Crippen LogP contribution in [0.3, 0.4) is 0 Å². The fourth-order valence-electron chi connectivity index (χ4n) is 3.12. The van der Waals surface area contributed by atoms with Gasteiger partial charge in [0, 0.05) is 25.8 Å². The molecule has 1 saturated carbocycles. The van der Waals surface area contributed by atoms with Gasteiger partial charge in [-0.3, -0.25) is 4.79 Å². The highest BCUT2D eigenvalue weighted by atomic mass is 32.1. The summed E-state index contributed by atoms with van der Waals surface area (Å²) in [7, 11) is 3.33. The van der Waals surface area contributed by atoms with E-state index in [1.807, 2.05) is 34.5 Å². The van der Waals surface area contributed by atoms with E-state index in [1.165, 1.54) is 5.56 Å². The van der Waals surface area contributed by atoms with Gasteiger partial charge in [-0.1, -0.05) is 18.2 Å². The highest BCUT2D eigenvalue weighted by molar-refractivity contribution is 7.07. The third kappa shape index (κ3) is 3.32. The summed E-state index contributed by atoms with van der Waals surface area (Å²) < 4.78 is 10.7. The van der Waals surface area contributed by atoms with Gasteiger partial charge >= 0.3 is 0 Å². The van der Waals surface area contributed by atoms with E-state index >= 15 is 0 Å². The van der Waals surface area contributed by atoms with Gasteiger partial charge < -0.3 is 14.4 Å². The SMILES string of the molecule is COCCN(Cc1ccsc1)C(=O)C1(c2ccccc2OC)CC1. The maximum atomic E-state index is 13.3. The maximum absolute atomic E-state index is 13.3. The Labute approximate surface area is 147 Å². The van der Waals surface area contributed by atoms with E-state index in [9.17, 15) is 4.79 Å². The van der Waals surface area contributed by atoms with Gasteiger partial charge in [0.1, 0.15) is 5.75 Å². The predicted octanol–water partition coefficient (Wildman–Crippen LogP) is 3.46.